The van der Waals surface area contributed by atoms with Crippen LogP contribution in [-0.2, 0) is 33.0 Å². The molecule has 1 fully saturated rings. The molecule has 1 aliphatic rings. The van der Waals surface area contributed by atoms with Crippen LogP contribution in [0.3, 0.4) is 0 Å². The van der Waals surface area contributed by atoms with Gasteiger partial charge >= 0.3 is 17.6 Å². The molecule has 1 amide bonds. The molecule has 15 nitrogen and oxygen atoms in total. The second kappa shape index (κ2) is 12.2. The Bertz CT molecular complexity index is 1300. The number of likely N-dealkylation sites (tertiary alicyclic amines) is 1. The highest BCUT2D eigenvalue weighted by Crippen LogP contribution is 2.41. The Hall–Kier alpha value is -4.40. The van der Waals surface area contributed by atoms with E-state index in [1.165, 1.54) is 9.36 Å². The number of amides is 1. The summed E-state index contributed by atoms with van der Waals surface area (Å²) in [6.07, 6.45) is 1.25. The number of aryl methyl sites for hydroxylation is 2. The largest absolute Gasteiger partial charge is 0.473 e. The number of piperidine rings is 1. The van der Waals surface area contributed by atoms with Crippen molar-refractivity contribution in [1.82, 2.24) is 34.9 Å². The highest BCUT2D eigenvalue weighted by atomic mass is 16.4. The molecule has 0 spiro atoms. The first-order chi connectivity index (χ1) is 18.1. The molecule has 15 heteroatoms. The van der Waals surface area contributed by atoms with Gasteiger partial charge in [-0.15, -0.1) is 10.2 Å². The fourth-order valence-corrected chi connectivity index (χ4v) is 4.35. The lowest BCUT2D eigenvalue weighted by Gasteiger charge is -2.46. The van der Waals surface area contributed by atoms with Crippen LogP contribution in [0.15, 0.2) is 39.5 Å². The molecular formula is C23H30N8O7. The molecule has 3 aromatic rings. The van der Waals surface area contributed by atoms with Crippen LogP contribution in [0.25, 0.3) is 0 Å². The Morgan fingerprint density at radius 3 is 2.08 bits per heavy atom. The summed E-state index contributed by atoms with van der Waals surface area (Å²) in [6.45, 7) is 8.19. The molecule has 0 bridgehead atoms. The maximum Gasteiger partial charge on any atom is 0.414 e. The van der Waals surface area contributed by atoms with Crippen LogP contribution < -0.4 is 10.6 Å². The van der Waals surface area contributed by atoms with Gasteiger partial charge in [-0.1, -0.05) is 18.2 Å². The maximum absolute atomic E-state index is 12.9. The van der Waals surface area contributed by atoms with E-state index in [-0.39, 0.29) is 11.6 Å². The summed E-state index contributed by atoms with van der Waals surface area (Å²) in [6, 6.07) is 9.58. The molecule has 38 heavy (non-hydrogen) atoms. The number of aliphatic carboxylic acids is 2. The second-order valence-corrected chi connectivity index (χ2v) is 8.60. The van der Waals surface area contributed by atoms with E-state index >= 15 is 0 Å². The molecule has 0 atom stereocenters. The van der Waals surface area contributed by atoms with Crippen molar-refractivity contribution in [2.75, 3.05) is 24.5 Å². The molecule has 0 saturated carbocycles. The number of hydrogen-bond donors (Lipinski definition) is 2. The normalized spacial score (nSPS) is 14.8. The van der Waals surface area contributed by atoms with Gasteiger partial charge in [0.25, 0.3) is 0 Å². The van der Waals surface area contributed by atoms with Gasteiger partial charge in [-0.3, -0.25) is 9.69 Å². The van der Waals surface area contributed by atoms with Gasteiger partial charge in [-0.05, 0) is 42.3 Å². The van der Waals surface area contributed by atoms with Gasteiger partial charge in [0, 0.05) is 45.7 Å². The number of aromatic nitrogens is 6. The molecule has 2 aromatic heterocycles. The number of benzene rings is 1. The van der Waals surface area contributed by atoms with Gasteiger partial charge < -0.3 is 19.5 Å². The standard InChI is InChI=1S/C21H28N8O3.C2H2O4/c1-4-27-20(31)28(25-24-27)15-14-26-12-10-21(11-13-26,19-23-22-16(2)32-19)29(17(3)30)18-8-6-5-7-9-18;3-1(4)2(5)6/h5-9H,4,10-15H2,1-3H3;(H,3,4)(H,5,6). The van der Waals surface area contributed by atoms with Crippen molar-refractivity contribution < 1.29 is 29.0 Å². The van der Waals surface area contributed by atoms with Gasteiger partial charge in [0.1, 0.15) is 5.54 Å². The minimum atomic E-state index is -1.82. The number of carbonyl (C=O) groups excluding carboxylic acids is 1. The van der Waals surface area contributed by atoms with Crippen molar-refractivity contribution in [3.63, 3.8) is 0 Å². The number of hydrogen-bond acceptors (Lipinski definition) is 10. The molecule has 3 heterocycles. The number of rotatable bonds is 7. The van der Waals surface area contributed by atoms with Gasteiger partial charge in [0.15, 0.2) is 0 Å². The molecule has 1 aliphatic heterocycles. The zero-order valence-electron chi connectivity index (χ0n) is 21.3. The molecule has 1 saturated heterocycles. The third kappa shape index (κ3) is 6.29. The summed E-state index contributed by atoms with van der Waals surface area (Å²) >= 11 is 0. The fraction of sp³-hybridized carbons (Fsp3) is 0.478. The van der Waals surface area contributed by atoms with Crippen LogP contribution in [0, 0.1) is 6.92 Å². The van der Waals surface area contributed by atoms with Crippen LogP contribution >= 0.6 is 0 Å². The van der Waals surface area contributed by atoms with E-state index in [0.29, 0.717) is 57.3 Å². The van der Waals surface area contributed by atoms with Crippen molar-refractivity contribution >= 4 is 23.5 Å². The van der Waals surface area contributed by atoms with Crippen LogP contribution in [0.5, 0.6) is 0 Å². The van der Waals surface area contributed by atoms with E-state index in [2.05, 4.69) is 25.5 Å². The van der Waals surface area contributed by atoms with E-state index < -0.39 is 17.5 Å². The summed E-state index contributed by atoms with van der Waals surface area (Å²) in [5, 5.41) is 30.9. The average molecular weight is 531 g/mol. The lowest BCUT2D eigenvalue weighted by Crippen LogP contribution is -2.56. The molecule has 0 radical (unpaired) electrons. The van der Waals surface area contributed by atoms with Crippen molar-refractivity contribution in [3.8, 4) is 0 Å². The highest BCUT2D eigenvalue weighted by molar-refractivity contribution is 6.27. The van der Waals surface area contributed by atoms with Crippen molar-refractivity contribution in [2.45, 2.75) is 52.2 Å². The fourth-order valence-electron chi connectivity index (χ4n) is 4.35. The minimum absolute atomic E-state index is 0.0803. The number of para-hydroxylation sites is 1. The molecule has 0 unspecified atom stereocenters. The third-order valence-corrected chi connectivity index (χ3v) is 6.17. The third-order valence-electron chi connectivity index (χ3n) is 6.17. The van der Waals surface area contributed by atoms with E-state index in [9.17, 15) is 9.59 Å². The summed E-state index contributed by atoms with van der Waals surface area (Å²) in [5.41, 5.74) is -0.133. The Morgan fingerprint density at radius 1 is 1.00 bits per heavy atom. The first kappa shape index (κ1) is 28.2. The summed E-state index contributed by atoms with van der Waals surface area (Å²) in [4.78, 5) is 47.3. The molecule has 4 rings (SSSR count). The number of carbonyl (C=O) groups is 3. The zero-order chi connectivity index (χ0) is 27.9. The Morgan fingerprint density at radius 2 is 1.61 bits per heavy atom. The van der Waals surface area contributed by atoms with Gasteiger partial charge in [-0.25, -0.2) is 14.4 Å². The van der Waals surface area contributed by atoms with Crippen molar-refractivity contribution in [2.24, 2.45) is 0 Å². The zero-order valence-corrected chi connectivity index (χ0v) is 21.3. The van der Waals surface area contributed by atoms with E-state index in [4.69, 9.17) is 24.2 Å². The Labute approximate surface area is 217 Å². The highest BCUT2D eigenvalue weighted by Gasteiger charge is 2.47. The quantitative estimate of drug-likeness (QED) is 0.399. The number of anilines is 1. The van der Waals surface area contributed by atoms with Crippen molar-refractivity contribution in [1.29, 1.82) is 0 Å². The van der Waals surface area contributed by atoms with Gasteiger partial charge in [0.05, 0.1) is 6.54 Å². The van der Waals surface area contributed by atoms with Crippen LogP contribution in [0.1, 0.15) is 38.5 Å². The topological polar surface area (TPSA) is 190 Å². The first-order valence-electron chi connectivity index (χ1n) is 11.9. The van der Waals surface area contributed by atoms with Crippen LogP contribution in [0.2, 0.25) is 0 Å². The molecule has 204 valence electrons. The number of tetrazole rings is 1. The Kier molecular flexibility index (Phi) is 9.07. The SMILES string of the molecule is CCn1nnn(CCN2CCC(c3nnc(C)o3)(N(C(C)=O)c3ccccc3)CC2)c1=O.O=C(O)C(=O)O. The predicted molar refractivity (Wildman–Crippen MR) is 131 cm³/mol. The average Bonchev–Trinajstić information content (AvgIpc) is 3.49. The summed E-state index contributed by atoms with van der Waals surface area (Å²) < 4.78 is 8.60. The number of carboxylic acids is 2. The predicted octanol–water partition coefficient (Wildman–Crippen LogP) is 0.351. The summed E-state index contributed by atoms with van der Waals surface area (Å²) in [5.74, 6) is -2.80. The minimum Gasteiger partial charge on any atom is -0.473 e. The number of carboxylic acid groups (broad SMARTS) is 2. The second-order valence-electron chi connectivity index (χ2n) is 8.60. The molecule has 0 aliphatic carbocycles. The van der Waals surface area contributed by atoms with E-state index in [1.54, 1.807) is 18.7 Å². The first-order valence-corrected chi connectivity index (χ1v) is 11.9. The monoisotopic (exact) mass is 530 g/mol. The molecular weight excluding hydrogens is 500 g/mol. The molecule has 1 aromatic carbocycles. The number of nitrogens with zero attached hydrogens (tertiary/aromatic N) is 8. The van der Waals surface area contributed by atoms with Crippen molar-refractivity contribution in [3.05, 3.63) is 52.6 Å². The van der Waals surface area contributed by atoms with E-state index in [0.717, 1.165) is 5.69 Å². The van der Waals surface area contributed by atoms with Gasteiger partial charge in [0.2, 0.25) is 17.7 Å². The van der Waals surface area contributed by atoms with E-state index in [1.807, 2.05) is 37.3 Å². The van der Waals surface area contributed by atoms with Gasteiger partial charge in [-0.2, -0.15) is 9.36 Å². The summed E-state index contributed by atoms with van der Waals surface area (Å²) in [7, 11) is 0. The molecule has 2 N–H and O–H groups in total. The van der Waals surface area contributed by atoms with Crippen LogP contribution in [0.4, 0.5) is 5.69 Å². The Balaban J connectivity index is 0.000000599. The lowest BCUT2D eigenvalue weighted by molar-refractivity contribution is -0.159. The van der Waals surface area contributed by atoms with Crippen LogP contribution in [-0.4, -0.2) is 82.6 Å². The lowest BCUT2D eigenvalue weighted by atomic mass is 9.84. The smallest absolute Gasteiger partial charge is 0.414 e. The maximum atomic E-state index is 12.9.